The van der Waals surface area contributed by atoms with Crippen molar-refractivity contribution in [1.82, 2.24) is 24.4 Å². The zero-order valence-electron chi connectivity index (χ0n) is 24.2. The first-order valence-electron chi connectivity index (χ1n) is 14.4. The molecule has 4 heterocycles. The van der Waals surface area contributed by atoms with Gasteiger partial charge in [-0.3, -0.25) is 4.90 Å². The molecule has 43 heavy (non-hydrogen) atoms. The fourth-order valence-electron chi connectivity index (χ4n) is 5.84. The summed E-state index contributed by atoms with van der Waals surface area (Å²) in [6, 6.07) is 13.0. The second-order valence-electron chi connectivity index (χ2n) is 11.7. The molecule has 2 aliphatic rings. The number of nitrogens with zero attached hydrogens (tertiary/aromatic N) is 6. The molecule has 10 nitrogen and oxygen atoms in total. The number of likely N-dealkylation sites (tertiary alicyclic amines) is 1. The Bertz CT molecular complexity index is 1710. The average molecular weight is 585 g/mol. The minimum Gasteiger partial charge on any atom is -0.478 e. The second-order valence-corrected chi connectivity index (χ2v) is 11.7. The number of ether oxygens (including phenoxy) is 2. The molecule has 2 fully saturated rings. The maximum Gasteiger partial charge on any atom is 0.335 e. The van der Waals surface area contributed by atoms with Crippen molar-refractivity contribution < 1.29 is 23.8 Å². The van der Waals surface area contributed by atoms with Crippen LogP contribution in [0.25, 0.3) is 11.0 Å². The first kappa shape index (κ1) is 28.7. The lowest BCUT2D eigenvalue weighted by Crippen LogP contribution is -2.48. The highest BCUT2D eigenvalue weighted by Gasteiger charge is 2.41. The van der Waals surface area contributed by atoms with Crippen LogP contribution < -0.4 is 4.74 Å². The molecular formula is C32H33FN6O4. The van der Waals surface area contributed by atoms with Crippen molar-refractivity contribution in [2.45, 2.75) is 57.9 Å². The molecule has 1 N–H and O–H groups in total. The predicted molar refractivity (Wildman–Crippen MR) is 155 cm³/mol. The van der Waals surface area contributed by atoms with Crippen LogP contribution in [0.4, 0.5) is 4.39 Å². The zero-order chi connectivity index (χ0) is 30.1. The molecule has 0 amide bonds. The maximum absolute atomic E-state index is 14.3. The van der Waals surface area contributed by atoms with Crippen molar-refractivity contribution in [3.05, 3.63) is 82.8 Å². The molecule has 0 aliphatic carbocycles. The minimum absolute atomic E-state index is 0.00506. The van der Waals surface area contributed by atoms with Gasteiger partial charge >= 0.3 is 5.97 Å². The van der Waals surface area contributed by atoms with Gasteiger partial charge in [0.1, 0.15) is 24.1 Å². The molecule has 11 heteroatoms. The molecule has 0 radical (unpaired) electrons. The summed E-state index contributed by atoms with van der Waals surface area (Å²) in [5.74, 6) is 0.713. The fraction of sp³-hybridized carbons (Fsp3) is 0.406. The number of carbonyl (C=O) groups is 1. The fourth-order valence-corrected chi connectivity index (χ4v) is 5.84. The number of hydrogen-bond acceptors (Lipinski definition) is 8. The number of halogens is 1. The van der Waals surface area contributed by atoms with Crippen LogP contribution in [0, 0.1) is 23.1 Å². The summed E-state index contributed by atoms with van der Waals surface area (Å²) in [6.45, 7) is 7.98. The molecule has 2 aromatic carbocycles. The maximum atomic E-state index is 14.3. The van der Waals surface area contributed by atoms with E-state index < -0.39 is 11.8 Å². The number of fused-ring (bicyclic) bond motifs is 1. The standard InChI is InChI=1S/C32H33FN6O4/c1-20-16-38(18-28-36-26-6-5-22(30(40)41)14-27(26)39(28)17-24-8-12-42-24)11-9-32(20,2)31-35-10-7-29(37-31)43-19-23-4-3-21(15-34)13-25(23)33/h3-7,10,13-14,20,24H,8-9,11-12,16-19H2,1-2H3,(H,40,41)/t20?,24-,32?/m0/s1. The topological polar surface area (TPSA) is 126 Å². The van der Waals surface area contributed by atoms with Crippen molar-refractivity contribution >= 4 is 17.0 Å². The number of aromatic carboxylic acids is 1. The van der Waals surface area contributed by atoms with E-state index in [9.17, 15) is 14.3 Å². The third-order valence-electron chi connectivity index (χ3n) is 8.88. The Morgan fingerprint density at radius 2 is 2.09 bits per heavy atom. The lowest BCUT2D eigenvalue weighted by Gasteiger charge is -2.43. The summed E-state index contributed by atoms with van der Waals surface area (Å²) in [5, 5.41) is 18.5. The molecule has 2 aromatic heterocycles. The van der Waals surface area contributed by atoms with Crippen molar-refractivity contribution in [2.75, 3.05) is 19.7 Å². The van der Waals surface area contributed by atoms with E-state index in [0.717, 1.165) is 49.4 Å². The van der Waals surface area contributed by atoms with Crippen LogP contribution in [0.15, 0.2) is 48.7 Å². The van der Waals surface area contributed by atoms with E-state index in [-0.39, 0.29) is 35.2 Å². The molecular weight excluding hydrogens is 551 g/mol. The van der Waals surface area contributed by atoms with E-state index in [0.29, 0.717) is 30.4 Å². The Morgan fingerprint density at radius 3 is 2.79 bits per heavy atom. The lowest BCUT2D eigenvalue weighted by atomic mass is 9.72. The van der Waals surface area contributed by atoms with E-state index in [1.165, 1.54) is 6.07 Å². The van der Waals surface area contributed by atoms with Crippen molar-refractivity contribution in [1.29, 1.82) is 5.26 Å². The van der Waals surface area contributed by atoms with Gasteiger partial charge in [0.15, 0.2) is 0 Å². The van der Waals surface area contributed by atoms with Crippen molar-refractivity contribution in [3.8, 4) is 11.9 Å². The van der Waals surface area contributed by atoms with Crippen LogP contribution >= 0.6 is 0 Å². The molecule has 6 rings (SSSR count). The van der Waals surface area contributed by atoms with E-state index >= 15 is 0 Å². The molecule has 2 saturated heterocycles. The second kappa shape index (κ2) is 11.7. The minimum atomic E-state index is -0.960. The van der Waals surface area contributed by atoms with E-state index in [1.807, 2.05) is 6.07 Å². The lowest BCUT2D eigenvalue weighted by molar-refractivity contribution is -0.0592. The van der Waals surface area contributed by atoms with Gasteiger partial charge in [-0.25, -0.2) is 19.2 Å². The van der Waals surface area contributed by atoms with Gasteiger partial charge in [-0.05, 0) is 55.6 Å². The Morgan fingerprint density at radius 1 is 1.26 bits per heavy atom. The van der Waals surface area contributed by atoms with Gasteiger partial charge in [0.25, 0.3) is 0 Å². The van der Waals surface area contributed by atoms with Crippen molar-refractivity contribution in [3.63, 3.8) is 0 Å². The van der Waals surface area contributed by atoms with Gasteiger partial charge in [-0.15, -0.1) is 0 Å². The average Bonchev–Trinajstić information content (AvgIpc) is 3.32. The predicted octanol–water partition coefficient (Wildman–Crippen LogP) is 4.70. The summed E-state index contributed by atoms with van der Waals surface area (Å²) >= 11 is 0. The third-order valence-corrected chi connectivity index (χ3v) is 8.88. The number of rotatable bonds is 9. The molecule has 3 atom stereocenters. The third kappa shape index (κ3) is 5.81. The number of imidazole rings is 1. The van der Waals surface area contributed by atoms with Gasteiger partial charge in [-0.1, -0.05) is 19.9 Å². The Balaban J connectivity index is 1.16. The van der Waals surface area contributed by atoms with E-state index in [2.05, 4.69) is 28.3 Å². The highest BCUT2D eigenvalue weighted by atomic mass is 19.1. The first-order chi connectivity index (χ1) is 20.7. The number of benzene rings is 2. The van der Waals surface area contributed by atoms with Crippen LogP contribution in [0.1, 0.15) is 59.8 Å². The molecule has 0 saturated carbocycles. The van der Waals surface area contributed by atoms with Crippen LogP contribution in [0.3, 0.4) is 0 Å². The smallest absolute Gasteiger partial charge is 0.335 e. The van der Waals surface area contributed by atoms with Gasteiger partial charge in [-0.2, -0.15) is 10.2 Å². The molecule has 2 unspecified atom stereocenters. The number of aromatic nitrogens is 4. The van der Waals surface area contributed by atoms with Crippen molar-refractivity contribution in [2.24, 2.45) is 5.92 Å². The summed E-state index contributed by atoms with van der Waals surface area (Å²) in [5.41, 5.74) is 2.14. The number of carboxylic acids is 1. The van der Waals surface area contributed by atoms with Crippen LogP contribution in [0.2, 0.25) is 0 Å². The summed E-state index contributed by atoms with van der Waals surface area (Å²) < 4.78 is 28.0. The highest BCUT2D eigenvalue weighted by molar-refractivity contribution is 5.92. The van der Waals surface area contributed by atoms with Crippen LogP contribution in [-0.4, -0.2) is 61.3 Å². The molecule has 4 aromatic rings. The van der Waals surface area contributed by atoms with E-state index in [4.69, 9.17) is 24.7 Å². The quantitative estimate of drug-likeness (QED) is 0.298. The van der Waals surface area contributed by atoms with Gasteiger partial charge < -0.3 is 19.1 Å². The Hall–Kier alpha value is -4.40. The number of nitriles is 1. The zero-order valence-corrected chi connectivity index (χ0v) is 24.2. The summed E-state index contributed by atoms with van der Waals surface area (Å²) in [7, 11) is 0. The van der Waals surface area contributed by atoms with Gasteiger partial charge in [0, 0.05) is 36.4 Å². The van der Waals surface area contributed by atoms with Crippen LogP contribution in [0.5, 0.6) is 5.88 Å². The SMILES string of the molecule is CC1CN(Cc2nc3ccc(C(=O)O)cc3n2C[C@@H]2CCO2)CCC1(C)c1nccc(OCc2ccc(C#N)cc2F)n1. The van der Waals surface area contributed by atoms with Gasteiger partial charge in [0.05, 0.1) is 47.4 Å². The number of hydrogen-bond donors (Lipinski definition) is 1. The largest absolute Gasteiger partial charge is 0.478 e. The summed E-state index contributed by atoms with van der Waals surface area (Å²) in [6.07, 6.45) is 3.57. The monoisotopic (exact) mass is 584 g/mol. The number of carboxylic acid groups (broad SMARTS) is 1. The molecule has 2 aliphatic heterocycles. The Kier molecular flexibility index (Phi) is 7.81. The highest BCUT2D eigenvalue weighted by Crippen LogP contribution is 2.38. The molecule has 0 bridgehead atoms. The number of piperidine rings is 1. The molecule has 222 valence electrons. The first-order valence-corrected chi connectivity index (χ1v) is 14.4. The molecule has 0 spiro atoms. The summed E-state index contributed by atoms with van der Waals surface area (Å²) in [4.78, 5) is 28.2. The van der Waals surface area contributed by atoms with Crippen LogP contribution in [-0.2, 0) is 29.8 Å². The normalized spacial score (nSPS) is 22.2. The van der Waals surface area contributed by atoms with Gasteiger partial charge in [0.2, 0.25) is 5.88 Å². The Labute approximate surface area is 248 Å². The van der Waals surface area contributed by atoms with E-state index in [1.54, 1.807) is 42.6 Å².